The zero-order valence-electron chi connectivity index (χ0n) is 23.1. The minimum atomic E-state index is -1.74. The van der Waals surface area contributed by atoms with E-state index in [1.165, 1.54) is 44.9 Å². The summed E-state index contributed by atoms with van der Waals surface area (Å²) in [5.74, 6) is 3.28. The van der Waals surface area contributed by atoms with Crippen LogP contribution < -0.4 is 0 Å². The Morgan fingerprint density at radius 1 is 0.781 bits per heavy atom. The Hall–Kier alpha value is 0.137. The highest BCUT2D eigenvalue weighted by Crippen LogP contribution is 2.68. The number of rotatable bonds is 2. The molecule has 1 N–H and O–H groups in total. The topological polar surface area (TPSA) is 29.5 Å². The van der Waals surface area contributed by atoms with Crippen molar-refractivity contribution in [2.24, 2.45) is 39.9 Å². The van der Waals surface area contributed by atoms with E-state index in [2.05, 4.69) is 68.5 Å². The van der Waals surface area contributed by atoms with E-state index in [0.29, 0.717) is 22.9 Å². The van der Waals surface area contributed by atoms with Gasteiger partial charge in [0.15, 0.2) is 8.32 Å². The summed E-state index contributed by atoms with van der Waals surface area (Å²) < 4.78 is 7.12. The molecule has 0 aromatic heterocycles. The molecule has 8 atom stereocenters. The lowest BCUT2D eigenvalue weighted by molar-refractivity contribution is -0.179. The summed E-state index contributed by atoms with van der Waals surface area (Å²) in [7, 11) is -1.74. The molecule has 4 saturated carbocycles. The van der Waals surface area contributed by atoms with Gasteiger partial charge in [0.05, 0.1) is 11.7 Å². The standard InChI is InChI=1S/C29H54O2Si/c1-25(2,3)29(30)18-17-27(7)20(19-29)11-12-21-22-13-14-24(28(22,8)16-15-23(21)27)31-32(9,10)26(4,5)6/h20-24,30H,11-19H2,1-10H3/t20?,21-,22-,23-,24-,27-,28-,29+/m0/s1. The normalized spacial score (nSPS) is 47.5. The second-order valence-corrected chi connectivity index (χ2v) is 20.4. The maximum Gasteiger partial charge on any atom is 0.192 e. The lowest BCUT2D eigenvalue weighted by Crippen LogP contribution is -2.59. The van der Waals surface area contributed by atoms with Crippen LogP contribution in [0.4, 0.5) is 0 Å². The van der Waals surface area contributed by atoms with Crippen LogP contribution in [0.3, 0.4) is 0 Å². The molecule has 0 aliphatic heterocycles. The van der Waals surface area contributed by atoms with Crippen molar-refractivity contribution in [3.8, 4) is 0 Å². The average molecular weight is 463 g/mol. The van der Waals surface area contributed by atoms with Crippen molar-refractivity contribution in [1.82, 2.24) is 0 Å². The first kappa shape index (κ1) is 25.2. The number of aliphatic hydroxyl groups is 1. The van der Waals surface area contributed by atoms with Crippen molar-refractivity contribution in [3.63, 3.8) is 0 Å². The highest BCUT2D eigenvalue weighted by molar-refractivity contribution is 6.74. The third-order valence-corrected chi connectivity index (χ3v) is 16.8. The Balaban J connectivity index is 1.53. The first-order chi connectivity index (χ1) is 14.4. The fraction of sp³-hybridized carbons (Fsp3) is 1.00. The molecule has 186 valence electrons. The van der Waals surface area contributed by atoms with Gasteiger partial charge in [-0.2, -0.15) is 0 Å². The lowest BCUT2D eigenvalue weighted by Gasteiger charge is -2.63. The van der Waals surface area contributed by atoms with Crippen molar-refractivity contribution in [2.45, 2.75) is 143 Å². The predicted octanol–water partition coefficient (Wildman–Crippen LogP) is 8.20. The van der Waals surface area contributed by atoms with Crippen LogP contribution in [-0.2, 0) is 4.43 Å². The van der Waals surface area contributed by atoms with Gasteiger partial charge in [-0.3, -0.25) is 0 Å². The molecule has 32 heavy (non-hydrogen) atoms. The van der Waals surface area contributed by atoms with Crippen LogP contribution in [0.25, 0.3) is 0 Å². The summed E-state index contributed by atoms with van der Waals surface area (Å²) >= 11 is 0. The van der Waals surface area contributed by atoms with E-state index in [4.69, 9.17) is 4.43 Å². The van der Waals surface area contributed by atoms with Crippen LogP contribution in [0.15, 0.2) is 0 Å². The van der Waals surface area contributed by atoms with Crippen LogP contribution in [0.5, 0.6) is 0 Å². The van der Waals surface area contributed by atoms with Crippen LogP contribution in [0.2, 0.25) is 18.1 Å². The van der Waals surface area contributed by atoms with Gasteiger partial charge in [-0.25, -0.2) is 0 Å². The zero-order chi connectivity index (χ0) is 24.0. The molecule has 0 spiro atoms. The molecule has 0 radical (unpaired) electrons. The molecule has 3 heteroatoms. The van der Waals surface area contributed by atoms with Crippen LogP contribution in [0, 0.1) is 39.9 Å². The molecule has 0 amide bonds. The van der Waals surface area contributed by atoms with Gasteiger partial charge in [0.25, 0.3) is 0 Å². The molecule has 0 saturated heterocycles. The Morgan fingerprint density at radius 3 is 2.00 bits per heavy atom. The summed E-state index contributed by atoms with van der Waals surface area (Å²) in [5, 5.41) is 11.8. The van der Waals surface area contributed by atoms with E-state index >= 15 is 0 Å². The first-order valence-corrected chi connectivity index (χ1v) is 16.8. The van der Waals surface area contributed by atoms with Crippen molar-refractivity contribution < 1.29 is 9.53 Å². The summed E-state index contributed by atoms with van der Waals surface area (Å²) in [5.41, 5.74) is 0.305. The third-order valence-electron chi connectivity index (χ3n) is 12.3. The molecule has 4 aliphatic carbocycles. The van der Waals surface area contributed by atoms with Gasteiger partial charge in [-0.1, -0.05) is 55.4 Å². The Kier molecular flexibility index (Phi) is 5.97. The monoisotopic (exact) mass is 462 g/mol. The Morgan fingerprint density at radius 2 is 1.41 bits per heavy atom. The van der Waals surface area contributed by atoms with E-state index in [0.717, 1.165) is 30.6 Å². The Labute approximate surface area is 200 Å². The van der Waals surface area contributed by atoms with E-state index in [9.17, 15) is 5.11 Å². The molecule has 4 aliphatic rings. The van der Waals surface area contributed by atoms with Gasteiger partial charge in [0.1, 0.15) is 0 Å². The van der Waals surface area contributed by atoms with Gasteiger partial charge in [-0.15, -0.1) is 0 Å². The van der Waals surface area contributed by atoms with Gasteiger partial charge in [0.2, 0.25) is 0 Å². The molecule has 0 heterocycles. The Bertz CT molecular complexity index is 718. The van der Waals surface area contributed by atoms with E-state index < -0.39 is 13.9 Å². The molecule has 1 unspecified atom stereocenters. The highest BCUT2D eigenvalue weighted by atomic mass is 28.4. The molecule has 0 aromatic carbocycles. The van der Waals surface area contributed by atoms with E-state index in [1.807, 2.05) is 0 Å². The van der Waals surface area contributed by atoms with Crippen LogP contribution in [0.1, 0.15) is 113 Å². The molecular formula is C29H54O2Si. The predicted molar refractivity (Wildman–Crippen MR) is 138 cm³/mol. The summed E-state index contributed by atoms with van der Waals surface area (Å²) in [4.78, 5) is 0. The number of fused-ring (bicyclic) bond motifs is 5. The van der Waals surface area contributed by atoms with Crippen molar-refractivity contribution in [3.05, 3.63) is 0 Å². The summed E-state index contributed by atoms with van der Waals surface area (Å²) in [6.45, 7) is 24.0. The fourth-order valence-corrected chi connectivity index (χ4v) is 10.1. The third kappa shape index (κ3) is 3.70. The maximum absolute atomic E-state index is 11.5. The zero-order valence-corrected chi connectivity index (χ0v) is 24.1. The molecule has 2 nitrogen and oxygen atoms in total. The minimum Gasteiger partial charge on any atom is -0.413 e. The number of hydrogen-bond acceptors (Lipinski definition) is 2. The van der Waals surface area contributed by atoms with Crippen LogP contribution >= 0.6 is 0 Å². The fourth-order valence-electron chi connectivity index (χ4n) is 8.60. The smallest absolute Gasteiger partial charge is 0.192 e. The lowest BCUT2D eigenvalue weighted by atomic mass is 9.43. The summed E-state index contributed by atoms with van der Waals surface area (Å²) in [6.07, 6.45) is 11.8. The average Bonchev–Trinajstić information content (AvgIpc) is 2.96. The summed E-state index contributed by atoms with van der Waals surface area (Å²) in [6, 6.07) is 0. The van der Waals surface area contributed by atoms with Gasteiger partial charge in [-0.05, 0) is 116 Å². The van der Waals surface area contributed by atoms with Crippen molar-refractivity contribution >= 4 is 8.32 Å². The highest BCUT2D eigenvalue weighted by Gasteiger charge is 2.63. The van der Waals surface area contributed by atoms with E-state index in [1.54, 1.807) is 0 Å². The largest absolute Gasteiger partial charge is 0.413 e. The van der Waals surface area contributed by atoms with Gasteiger partial charge >= 0.3 is 0 Å². The minimum absolute atomic E-state index is 0.0178. The van der Waals surface area contributed by atoms with Crippen molar-refractivity contribution in [2.75, 3.05) is 0 Å². The second-order valence-electron chi connectivity index (χ2n) is 15.6. The molecular weight excluding hydrogens is 408 g/mol. The van der Waals surface area contributed by atoms with Crippen molar-refractivity contribution in [1.29, 1.82) is 0 Å². The van der Waals surface area contributed by atoms with Gasteiger partial charge in [0, 0.05) is 0 Å². The van der Waals surface area contributed by atoms with Crippen LogP contribution in [-0.4, -0.2) is 25.1 Å². The first-order valence-electron chi connectivity index (χ1n) is 13.8. The molecule has 0 aromatic rings. The molecule has 0 bridgehead atoms. The SMILES string of the molecule is CC(C)(C)[C@@]1(O)CC[C@@]2(C)C(CC[C@H]3[C@@H]4CC[C@H](O[Si](C)(C)C(C)(C)C)[C@@]4(C)CC[C@@H]32)C1. The second kappa shape index (κ2) is 7.57. The quantitative estimate of drug-likeness (QED) is 0.419. The molecule has 4 fully saturated rings. The van der Waals surface area contributed by atoms with Gasteiger partial charge < -0.3 is 9.53 Å². The number of hydrogen-bond donors (Lipinski definition) is 1. The van der Waals surface area contributed by atoms with E-state index in [-0.39, 0.29) is 10.5 Å². The molecule has 4 rings (SSSR count). The maximum atomic E-state index is 11.5.